The molecule has 0 saturated heterocycles. The summed E-state index contributed by atoms with van der Waals surface area (Å²) in [5, 5.41) is 10.8. The first-order valence-electron chi connectivity index (χ1n) is 5.96. The molecule has 1 aromatic rings. The van der Waals surface area contributed by atoms with Crippen LogP contribution in [-0.2, 0) is 10.0 Å². The van der Waals surface area contributed by atoms with Gasteiger partial charge in [-0.3, -0.25) is 10.1 Å². The lowest BCUT2D eigenvalue weighted by Gasteiger charge is -2.25. The highest BCUT2D eigenvalue weighted by molar-refractivity contribution is 7.91. The number of nitrogens with two attached hydrogens (primary N) is 1. The molecule has 0 bridgehead atoms. The zero-order valence-corrected chi connectivity index (χ0v) is 12.7. The van der Waals surface area contributed by atoms with Crippen LogP contribution in [0.15, 0.2) is 10.3 Å². The standard InChI is InChI=1S/C10H16N4O4S2/c1-10(2,6-3-4-6)13-20(17,18)8-5-7(14(15)16)9(12-11)19-8/h5-6,12-13H,3-4,11H2,1-2H3. The van der Waals surface area contributed by atoms with Crippen LogP contribution in [-0.4, -0.2) is 18.9 Å². The molecular weight excluding hydrogens is 304 g/mol. The molecule has 112 valence electrons. The van der Waals surface area contributed by atoms with Crippen LogP contribution in [0.2, 0.25) is 0 Å². The average molecular weight is 320 g/mol. The van der Waals surface area contributed by atoms with E-state index in [1.165, 1.54) is 0 Å². The zero-order valence-electron chi connectivity index (χ0n) is 11.0. The van der Waals surface area contributed by atoms with Crippen molar-refractivity contribution in [3.63, 3.8) is 0 Å². The first-order valence-corrected chi connectivity index (χ1v) is 8.26. The minimum atomic E-state index is -3.80. The molecule has 2 rings (SSSR count). The van der Waals surface area contributed by atoms with E-state index < -0.39 is 20.5 Å². The van der Waals surface area contributed by atoms with Crippen molar-refractivity contribution in [3.05, 3.63) is 16.2 Å². The normalized spacial score (nSPS) is 16.1. The van der Waals surface area contributed by atoms with Crippen molar-refractivity contribution in [3.8, 4) is 0 Å². The van der Waals surface area contributed by atoms with Crippen LogP contribution in [0, 0.1) is 16.0 Å². The van der Waals surface area contributed by atoms with Gasteiger partial charge in [-0.05, 0) is 32.6 Å². The molecule has 1 fully saturated rings. The van der Waals surface area contributed by atoms with Crippen molar-refractivity contribution in [2.45, 2.75) is 36.4 Å². The molecule has 0 atom stereocenters. The van der Waals surface area contributed by atoms with E-state index in [0.717, 1.165) is 30.2 Å². The number of hydrogen-bond donors (Lipinski definition) is 3. The van der Waals surface area contributed by atoms with Crippen LogP contribution in [0.3, 0.4) is 0 Å². The molecular formula is C10H16N4O4S2. The summed E-state index contributed by atoms with van der Waals surface area (Å²) in [5.74, 6) is 5.48. The molecule has 1 aliphatic rings. The predicted molar refractivity (Wildman–Crippen MR) is 75.9 cm³/mol. The summed E-state index contributed by atoms with van der Waals surface area (Å²) in [6.07, 6.45) is 1.96. The van der Waals surface area contributed by atoms with Gasteiger partial charge in [0.15, 0.2) is 5.00 Å². The van der Waals surface area contributed by atoms with Crippen molar-refractivity contribution in [1.29, 1.82) is 0 Å². The van der Waals surface area contributed by atoms with Gasteiger partial charge < -0.3 is 5.43 Å². The van der Waals surface area contributed by atoms with Gasteiger partial charge in [-0.25, -0.2) is 19.0 Å². The van der Waals surface area contributed by atoms with E-state index in [1.54, 1.807) is 0 Å². The quantitative estimate of drug-likeness (QED) is 0.413. The molecule has 0 radical (unpaired) electrons. The molecule has 1 heterocycles. The highest BCUT2D eigenvalue weighted by Crippen LogP contribution is 2.41. The molecule has 20 heavy (non-hydrogen) atoms. The van der Waals surface area contributed by atoms with E-state index in [-0.39, 0.29) is 14.9 Å². The number of rotatable bonds is 6. The van der Waals surface area contributed by atoms with Crippen LogP contribution >= 0.6 is 11.3 Å². The summed E-state index contributed by atoms with van der Waals surface area (Å²) < 4.78 is 27.1. The van der Waals surface area contributed by atoms with Gasteiger partial charge in [0.2, 0.25) is 0 Å². The molecule has 1 aromatic heterocycles. The van der Waals surface area contributed by atoms with Gasteiger partial charge in [0.1, 0.15) is 4.21 Å². The predicted octanol–water partition coefficient (Wildman–Crippen LogP) is 1.41. The van der Waals surface area contributed by atoms with E-state index in [2.05, 4.69) is 10.1 Å². The SMILES string of the molecule is CC(C)(NS(=O)(=O)c1cc([N+](=O)[O-])c(NN)s1)C1CC1. The Hall–Kier alpha value is -1.23. The Balaban J connectivity index is 2.32. The number of anilines is 1. The second kappa shape index (κ2) is 4.95. The lowest BCUT2D eigenvalue weighted by Crippen LogP contribution is -2.44. The molecule has 0 spiro atoms. The molecule has 10 heteroatoms. The van der Waals surface area contributed by atoms with Gasteiger partial charge >= 0.3 is 5.69 Å². The van der Waals surface area contributed by atoms with Crippen LogP contribution < -0.4 is 16.0 Å². The van der Waals surface area contributed by atoms with Crippen LogP contribution in [0.5, 0.6) is 0 Å². The fourth-order valence-electron chi connectivity index (χ4n) is 2.02. The maximum absolute atomic E-state index is 12.3. The average Bonchev–Trinajstić information content (AvgIpc) is 3.07. The summed E-state index contributed by atoms with van der Waals surface area (Å²) in [4.78, 5) is 10.2. The molecule has 0 amide bonds. The van der Waals surface area contributed by atoms with E-state index >= 15 is 0 Å². The summed E-state index contributed by atoms with van der Waals surface area (Å²) in [5.41, 5.74) is 1.25. The van der Waals surface area contributed by atoms with E-state index in [4.69, 9.17) is 5.84 Å². The van der Waals surface area contributed by atoms with Gasteiger partial charge in [-0.15, -0.1) is 0 Å². The Bertz CT molecular complexity index is 634. The Morgan fingerprint density at radius 1 is 1.50 bits per heavy atom. The Morgan fingerprint density at radius 2 is 2.10 bits per heavy atom. The fraction of sp³-hybridized carbons (Fsp3) is 0.600. The van der Waals surface area contributed by atoms with Gasteiger partial charge in [0, 0.05) is 11.6 Å². The summed E-state index contributed by atoms with van der Waals surface area (Å²) >= 11 is 0.739. The zero-order chi connectivity index (χ0) is 15.1. The van der Waals surface area contributed by atoms with E-state index in [9.17, 15) is 18.5 Å². The fourth-order valence-corrected chi connectivity index (χ4v) is 4.73. The van der Waals surface area contributed by atoms with Gasteiger partial charge in [-0.2, -0.15) is 0 Å². The van der Waals surface area contributed by atoms with Crippen molar-refractivity contribution in [2.24, 2.45) is 11.8 Å². The van der Waals surface area contributed by atoms with Crippen LogP contribution in [0.4, 0.5) is 10.7 Å². The second-order valence-corrected chi connectivity index (χ2v) is 8.24. The first-order chi connectivity index (χ1) is 9.17. The number of sulfonamides is 1. The second-order valence-electron chi connectivity index (χ2n) is 5.28. The summed E-state index contributed by atoms with van der Waals surface area (Å²) in [7, 11) is -3.80. The molecule has 8 nitrogen and oxygen atoms in total. The number of thiophene rings is 1. The maximum Gasteiger partial charge on any atom is 0.306 e. The monoisotopic (exact) mass is 320 g/mol. The first kappa shape index (κ1) is 15.2. The third-order valence-electron chi connectivity index (χ3n) is 3.28. The number of hydrogen-bond acceptors (Lipinski definition) is 7. The van der Waals surface area contributed by atoms with E-state index in [0.29, 0.717) is 5.92 Å². The molecule has 1 aliphatic carbocycles. The third kappa shape index (κ3) is 2.92. The highest BCUT2D eigenvalue weighted by atomic mass is 32.2. The molecule has 1 saturated carbocycles. The van der Waals surface area contributed by atoms with Crippen molar-refractivity contribution < 1.29 is 13.3 Å². The Morgan fingerprint density at radius 3 is 2.50 bits per heavy atom. The number of hydrazine groups is 1. The number of nitro groups is 1. The summed E-state index contributed by atoms with van der Waals surface area (Å²) in [6.45, 7) is 3.62. The molecule has 0 aliphatic heterocycles. The van der Waals surface area contributed by atoms with Crippen molar-refractivity contribution >= 4 is 32.0 Å². The lowest BCUT2D eigenvalue weighted by atomic mass is 10.0. The summed E-state index contributed by atoms with van der Waals surface area (Å²) in [6, 6.07) is 1.02. The van der Waals surface area contributed by atoms with Crippen LogP contribution in [0.1, 0.15) is 26.7 Å². The lowest BCUT2D eigenvalue weighted by molar-refractivity contribution is -0.383. The van der Waals surface area contributed by atoms with Crippen LogP contribution in [0.25, 0.3) is 0 Å². The number of nitrogen functional groups attached to an aromatic ring is 1. The molecule has 4 N–H and O–H groups in total. The van der Waals surface area contributed by atoms with E-state index in [1.807, 2.05) is 13.8 Å². The highest BCUT2D eigenvalue weighted by Gasteiger charge is 2.41. The largest absolute Gasteiger partial charge is 0.310 e. The number of nitrogens with zero attached hydrogens (tertiary/aromatic N) is 1. The van der Waals surface area contributed by atoms with Gasteiger partial charge in [0.25, 0.3) is 10.0 Å². The van der Waals surface area contributed by atoms with Gasteiger partial charge in [0.05, 0.1) is 4.92 Å². The van der Waals surface area contributed by atoms with Crippen molar-refractivity contribution in [2.75, 3.05) is 5.43 Å². The minimum absolute atomic E-state index is 0.0135. The number of nitrogens with one attached hydrogen (secondary N) is 2. The molecule has 0 aromatic carbocycles. The smallest absolute Gasteiger partial charge is 0.306 e. The topological polar surface area (TPSA) is 127 Å². The third-order valence-corrected chi connectivity index (χ3v) is 6.48. The molecule has 0 unspecified atom stereocenters. The Labute approximate surface area is 120 Å². The van der Waals surface area contributed by atoms with Crippen molar-refractivity contribution in [1.82, 2.24) is 4.72 Å². The Kier molecular flexibility index (Phi) is 3.75. The van der Waals surface area contributed by atoms with Gasteiger partial charge in [-0.1, -0.05) is 11.3 Å². The maximum atomic E-state index is 12.3. The minimum Gasteiger partial charge on any atom is -0.310 e.